The molecule has 34 heavy (non-hydrogen) atoms. The summed E-state index contributed by atoms with van der Waals surface area (Å²) >= 11 is 2.80. The molecule has 0 saturated heterocycles. The number of nitrogens with zero attached hydrogens (tertiary/aromatic N) is 3. The number of nitrogens with one attached hydrogen (secondary N) is 1. The fraction of sp³-hybridized carbons (Fsp3) is 0.167. The van der Waals surface area contributed by atoms with E-state index in [4.69, 9.17) is 9.47 Å². The van der Waals surface area contributed by atoms with Crippen LogP contribution in [0.5, 0.6) is 11.5 Å². The first-order chi connectivity index (χ1) is 16.6. The van der Waals surface area contributed by atoms with Crippen LogP contribution in [0.3, 0.4) is 0 Å². The lowest BCUT2D eigenvalue weighted by molar-refractivity contribution is -0.144. The van der Waals surface area contributed by atoms with Crippen LogP contribution in [-0.2, 0) is 20.9 Å². The number of ether oxygens (including phenoxy) is 2. The first kappa shape index (κ1) is 23.5. The van der Waals surface area contributed by atoms with E-state index in [1.54, 1.807) is 29.5 Å². The molecule has 2 heterocycles. The van der Waals surface area contributed by atoms with Crippen LogP contribution in [0.15, 0.2) is 77.3 Å². The molecule has 0 aliphatic heterocycles. The third kappa shape index (κ3) is 6.03. The van der Waals surface area contributed by atoms with E-state index >= 15 is 0 Å². The monoisotopic (exact) mass is 494 g/mol. The maximum Gasteiger partial charge on any atom is 0.316 e. The van der Waals surface area contributed by atoms with Crippen LogP contribution in [0, 0.1) is 0 Å². The van der Waals surface area contributed by atoms with Crippen molar-refractivity contribution in [1.29, 1.82) is 0 Å². The van der Waals surface area contributed by atoms with Crippen molar-refractivity contribution in [1.82, 2.24) is 14.8 Å². The number of aromatic nitrogens is 3. The molecule has 0 spiro atoms. The summed E-state index contributed by atoms with van der Waals surface area (Å²) < 4.78 is 12.9. The highest BCUT2D eigenvalue weighted by Gasteiger charge is 2.16. The number of anilines is 1. The van der Waals surface area contributed by atoms with Crippen LogP contribution < -0.4 is 10.1 Å². The minimum atomic E-state index is -0.516. The molecule has 0 saturated carbocycles. The third-order valence-corrected chi connectivity index (χ3v) is 6.40. The molecule has 2 aromatic carbocycles. The fourth-order valence-electron chi connectivity index (χ4n) is 3.04. The smallest absolute Gasteiger partial charge is 0.316 e. The number of amides is 1. The zero-order valence-corrected chi connectivity index (χ0v) is 20.0. The predicted molar refractivity (Wildman–Crippen MR) is 132 cm³/mol. The lowest BCUT2D eigenvalue weighted by Crippen LogP contribution is -2.22. The lowest BCUT2D eigenvalue weighted by Gasteiger charge is -2.12. The van der Waals surface area contributed by atoms with E-state index in [9.17, 15) is 9.59 Å². The van der Waals surface area contributed by atoms with Gasteiger partial charge in [-0.25, -0.2) is 0 Å². The third-order valence-electron chi connectivity index (χ3n) is 4.59. The van der Waals surface area contributed by atoms with Gasteiger partial charge in [0.15, 0.2) is 23.3 Å². The van der Waals surface area contributed by atoms with E-state index in [2.05, 4.69) is 15.5 Å². The average molecular weight is 495 g/mol. The molecule has 2 aromatic heterocycles. The summed E-state index contributed by atoms with van der Waals surface area (Å²) in [6, 6.07) is 20.2. The zero-order valence-electron chi connectivity index (χ0n) is 18.3. The van der Waals surface area contributed by atoms with Crippen LogP contribution in [0.4, 0.5) is 5.69 Å². The van der Waals surface area contributed by atoms with Gasteiger partial charge in [-0.1, -0.05) is 48.2 Å². The van der Waals surface area contributed by atoms with Crippen LogP contribution in [0.1, 0.15) is 6.92 Å². The molecular formula is C24H22N4O4S2. The number of thioether (sulfide) groups is 1. The predicted octanol–water partition coefficient (Wildman–Crippen LogP) is 5.09. The molecule has 0 radical (unpaired) electrons. The second-order valence-electron chi connectivity index (χ2n) is 6.94. The molecule has 4 aromatic rings. The molecule has 0 aliphatic rings. The first-order valence-corrected chi connectivity index (χ1v) is 12.4. The van der Waals surface area contributed by atoms with Crippen LogP contribution in [0.2, 0.25) is 0 Å². The Kier molecular flexibility index (Phi) is 7.95. The minimum absolute atomic E-state index is 0.0174. The SMILES string of the molecule is CCn1c(SCC(=O)OCC(=O)Nc2ccccc2Oc2ccccc2)nnc1-c1cccs1. The summed E-state index contributed by atoms with van der Waals surface area (Å²) in [6.45, 7) is 2.26. The Morgan fingerprint density at radius 2 is 1.82 bits per heavy atom. The molecule has 0 unspecified atom stereocenters. The Morgan fingerprint density at radius 1 is 1.03 bits per heavy atom. The van der Waals surface area contributed by atoms with Crippen molar-refractivity contribution in [3.05, 3.63) is 72.1 Å². The highest BCUT2D eigenvalue weighted by atomic mass is 32.2. The summed E-state index contributed by atoms with van der Waals surface area (Å²) in [4.78, 5) is 25.6. The molecule has 0 fully saturated rings. The fourth-order valence-corrected chi connectivity index (χ4v) is 4.56. The number of hydrogen-bond donors (Lipinski definition) is 1. The summed E-state index contributed by atoms with van der Waals surface area (Å²) in [6.07, 6.45) is 0. The lowest BCUT2D eigenvalue weighted by atomic mass is 10.3. The number of para-hydroxylation sites is 3. The van der Waals surface area contributed by atoms with Gasteiger partial charge in [0.25, 0.3) is 5.91 Å². The van der Waals surface area contributed by atoms with Gasteiger partial charge in [-0.2, -0.15) is 0 Å². The van der Waals surface area contributed by atoms with Gasteiger partial charge in [0.1, 0.15) is 5.75 Å². The average Bonchev–Trinajstić information content (AvgIpc) is 3.53. The number of carbonyl (C=O) groups is 2. The Hall–Kier alpha value is -3.63. The number of esters is 1. The van der Waals surface area contributed by atoms with E-state index in [1.807, 2.05) is 65.4 Å². The molecule has 1 N–H and O–H groups in total. The Bertz CT molecular complexity index is 1240. The Balaban J connectivity index is 1.28. The molecule has 8 nitrogen and oxygen atoms in total. The molecule has 0 atom stereocenters. The minimum Gasteiger partial charge on any atom is -0.455 e. The van der Waals surface area contributed by atoms with E-state index in [0.717, 1.165) is 10.7 Å². The Morgan fingerprint density at radius 3 is 2.59 bits per heavy atom. The van der Waals surface area contributed by atoms with Crippen molar-refractivity contribution in [2.75, 3.05) is 17.7 Å². The van der Waals surface area contributed by atoms with Crippen molar-refractivity contribution in [2.24, 2.45) is 0 Å². The van der Waals surface area contributed by atoms with E-state index in [-0.39, 0.29) is 5.75 Å². The first-order valence-electron chi connectivity index (χ1n) is 10.5. The molecular weight excluding hydrogens is 472 g/mol. The normalized spacial score (nSPS) is 10.6. The van der Waals surface area contributed by atoms with E-state index in [0.29, 0.717) is 28.9 Å². The topological polar surface area (TPSA) is 95.3 Å². The van der Waals surface area contributed by atoms with Gasteiger partial charge in [0, 0.05) is 6.54 Å². The van der Waals surface area contributed by atoms with Gasteiger partial charge in [-0.15, -0.1) is 21.5 Å². The van der Waals surface area contributed by atoms with Gasteiger partial charge in [0.05, 0.1) is 16.3 Å². The van der Waals surface area contributed by atoms with Gasteiger partial charge in [-0.05, 0) is 42.6 Å². The summed E-state index contributed by atoms with van der Waals surface area (Å²) in [7, 11) is 0. The second-order valence-corrected chi connectivity index (χ2v) is 8.83. The molecule has 174 valence electrons. The summed E-state index contributed by atoms with van der Waals surface area (Å²) in [5.74, 6) is 0.948. The van der Waals surface area contributed by atoms with E-state index < -0.39 is 18.5 Å². The highest BCUT2D eigenvalue weighted by Crippen LogP contribution is 2.29. The van der Waals surface area contributed by atoms with Gasteiger partial charge < -0.3 is 19.4 Å². The number of thiophene rings is 1. The molecule has 0 bridgehead atoms. The quantitative estimate of drug-likeness (QED) is 0.242. The summed E-state index contributed by atoms with van der Waals surface area (Å²) in [5, 5.41) is 13.8. The van der Waals surface area contributed by atoms with Gasteiger partial charge >= 0.3 is 5.97 Å². The maximum absolute atomic E-state index is 12.4. The molecule has 4 rings (SSSR count). The highest BCUT2D eigenvalue weighted by molar-refractivity contribution is 7.99. The van der Waals surface area contributed by atoms with Crippen LogP contribution >= 0.6 is 23.1 Å². The van der Waals surface area contributed by atoms with Crippen LogP contribution in [-0.4, -0.2) is 39.0 Å². The zero-order chi connectivity index (χ0) is 23.8. The van der Waals surface area contributed by atoms with Gasteiger partial charge in [-0.3, -0.25) is 9.59 Å². The molecule has 1 amide bonds. The van der Waals surface area contributed by atoms with Crippen LogP contribution in [0.25, 0.3) is 10.7 Å². The Labute approximate surface area is 204 Å². The molecule has 10 heteroatoms. The van der Waals surface area contributed by atoms with Crippen molar-refractivity contribution in [2.45, 2.75) is 18.6 Å². The van der Waals surface area contributed by atoms with Crippen molar-refractivity contribution in [3.8, 4) is 22.2 Å². The number of hydrogen-bond acceptors (Lipinski definition) is 8. The second kappa shape index (κ2) is 11.5. The largest absolute Gasteiger partial charge is 0.455 e. The van der Waals surface area contributed by atoms with Crippen molar-refractivity contribution < 1.29 is 19.1 Å². The van der Waals surface area contributed by atoms with E-state index in [1.165, 1.54) is 11.8 Å². The van der Waals surface area contributed by atoms with Gasteiger partial charge in [0.2, 0.25) is 0 Å². The number of carbonyl (C=O) groups excluding carboxylic acids is 2. The summed E-state index contributed by atoms with van der Waals surface area (Å²) in [5.41, 5.74) is 0.485. The number of benzene rings is 2. The van der Waals surface area contributed by atoms with Crippen molar-refractivity contribution in [3.63, 3.8) is 0 Å². The maximum atomic E-state index is 12.4. The standard InChI is InChI=1S/C24H22N4O4S2/c1-2-28-23(20-13-8-14-33-20)26-27-24(28)34-16-22(30)31-15-21(29)25-18-11-6-7-12-19(18)32-17-9-4-3-5-10-17/h3-14H,2,15-16H2,1H3,(H,25,29). The molecule has 0 aliphatic carbocycles. The van der Waals surface area contributed by atoms with Crippen molar-refractivity contribution >= 4 is 40.7 Å². The number of rotatable bonds is 10.